The summed E-state index contributed by atoms with van der Waals surface area (Å²) in [6, 6.07) is 10.7. The van der Waals surface area contributed by atoms with Gasteiger partial charge in [0.1, 0.15) is 41.3 Å². The zero-order chi connectivity index (χ0) is 30.9. The van der Waals surface area contributed by atoms with Gasteiger partial charge >= 0.3 is 0 Å². The lowest BCUT2D eigenvalue weighted by atomic mass is 9.76. The highest BCUT2D eigenvalue weighted by molar-refractivity contribution is 5.64. The summed E-state index contributed by atoms with van der Waals surface area (Å²) in [5, 5.41) is 116. The number of fused-ring (bicyclic) bond motifs is 2. The first-order valence-corrected chi connectivity index (χ1v) is 12.9. The highest BCUT2D eigenvalue weighted by Gasteiger charge is 2.46. The van der Waals surface area contributed by atoms with E-state index >= 15 is 0 Å². The number of ether oxygens (including phenoxy) is 2. The van der Waals surface area contributed by atoms with Crippen LogP contribution in [0.1, 0.15) is 52.0 Å². The topological polar surface area (TPSA) is 241 Å². The number of phenols is 8. The number of aromatic hydroxyl groups is 8. The van der Waals surface area contributed by atoms with Gasteiger partial charge in [-0.1, -0.05) is 6.07 Å². The third kappa shape index (κ3) is 4.37. The molecule has 0 bridgehead atoms. The van der Waals surface area contributed by atoms with Crippen LogP contribution in [0.3, 0.4) is 0 Å². The summed E-state index contributed by atoms with van der Waals surface area (Å²) in [5.41, 5.74) is -0.158. The number of aliphatic hydroxyl groups excluding tert-OH is 3. The fourth-order valence-electron chi connectivity index (χ4n) is 5.74. The molecule has 6 rings (SSSR count). The Bertz CT molecular complexity index is 1730. The molecule has 6 atom stereocenters. The van der Waals surface area contributed by atoms with Gasteiger partial charge in [0, 0.05) is 45.9 Å². The maximum atomic E-state index is 11.8. The molecule has 4 aromatic carbocycles. The molecule has 2 aliphatic rings. The van der Waals surface area contributed by atoms with E-state index < -0.39 is 70.9 Å². The molecule has 11 N–H and O–H groups in total. The Kier molecular flexibility index (Phi) is 6.45. The summed E-state index contributed by atoms with van der Waals surface area (Å²) in [4.78, 5) is 0. The normalized spacial score (nSPS) is 24.3. The number of benzene rings is 4. The smallest absolute Gasteiger partial charge is 0.200 e. The molecular formula is C30H26O13. The second-order valence-corrected chi connectivity index (χ2v) is 10.4. The Hall–Kier alpha value is -5.24. The quantitative estimate of drug-likeness (QED) is 0.153. The van der Waals surface area contributed by atoms with Crippen molar-refractivity contribution in [3.63, 3.8) is 0 Å². The van der Waals surface area contributed by atoms with E-state index in [-0.39, 0.29) is 50.8 Å². The Balaban J connectivity index is 1.57. The van der Waals surface area contributed by atoms with Gasteiger partial charge in [-0.05, 0) is 36.4 Å². The van der Waals surface area contributed by atoms with Gasteiger partial charge in [-0.3, -0.25) is 0 Å². The lowest BCUT2D eigenvalue weighted by Crippen LogP contribution is -2.38. The summed E-state index contributed by atoms with van der Waals surface area (Å²) < 4.78 is 11.9. The Morgan fingerprint density at radius 3 is 1.65 bits per heavy atom. The van der Waals surface area contributed by atoms with E-state index in [2.05, 4.69) is 0 Å². The third-order valence-electron chi connectivity index (χ3n) is 7.80. The predicted molar refractivity (Wildman–Crippen MR) is 145 cm³/mol. The van der Waals surface area contributed by atoms with Crippen molar-refractivity contribution in [1.29, 1.82) is 0 Å². The molecule has 0 spiro atoms. The minimum Gasteiger partial charge on any atom is -0.508 e. The van der Waals surface area contributed by atoms with Crippen LogP contribution in [0.25, 0.3) is 0 Å². The molecule has 0 aromatic heterocycles. The minimum atomic E-state index is -1.71. The lowest BCUT2D eigenvalue weighted by Gasteiger charge is -2.40. The van der Waals surface area contributed by atoms with Crippen LogP contribution >= 0.6 is 0 Å². The fraction of sp³-hybridized carbons (Fsp3) is 0.200. The zero-order valence-electron chi connectivity index (χ0n) is 21.9. The van der Waals surface area contributed by atoms with Crippen molar-refractivity contribution in [1.82, 2.24) is 0 Å². The van der Waals surface area contributed by atoms with E-state index in [1.165, 1.54) is 36.4 Å². The summed E-state index contributed by atoms with van der Waals surface area (Å²) in [6.07, 6.45) is -7.93. The number of phenolic OH excluding ortho intramolecular Hbond substituents is 8. The molecule has 0 radical (unpaired) electrons. The number of aliphatic hydroxyl groups is 3. The first-order chi connectivity index (χ1) is 20.4. The van der Waals surface area contributed by atoms with Crippen LogP contribution in [0.4, 0.5) is 0 Å². The second-order valence-electron chi connectivity index (χ2n) is 10.4. The standard InChI is InChI=1S/C30H26O13/c31-11-1-3-13-19(7-11)42-29(10-5-16(33)24(37)17(34)6-10)27(40)21(13)22-15(9-18(35)25(38)26(22)39)30-28(41)23(36)14-4-2-12(32)8-20(14)43-30/h1-9,21,23,27-41H/t21-,23+,27-,28-,29+,30-/m0/s1. The van der Waals surface area contributed by atoms with Crippen LogP contribution in [0.15, 0.2) is 54.6 Å². The van der Waals surface area contributed by atoms with Crippen molar-refractivity contribution >= 4 is 0 Å². The van der Waals surface area contributed by atoms with E-state index in [1.807, 2.05) is 0 Å². The molecule has 43 heavy (non-hydrogen) atoms. The fourth-order valence-corrected chi connectivity index (χ4v) is 5.74. The molecule has 2 heterocycles. The molecule has 224 valence electrons. The average Bonchev–Trinajstić information content (AvgIpc) is 2.96. The van der Waals surface area contributed by atoms with Crippen LogP contribution in [-0.4, -0.2) is 68.4 Å². The number of rotatable bonds is 3. The van der Waals surface area contributed by atoms with E-state index in [1.54, 1.807) is 0 Å². The molecule has 13 heteroatoms. The molecule has 0 unspecified atom stereocenters. The molecule has 0 saturated carbocycles. The van der Waals surface area contributed by atoms with Crippen LogP contribution < -0.4 is 9.47 Å². The van der Waals surface area contributed by atoms with E-state index in [4.69, 9.17) is 9.47 Å². The Morgan fingerprint density at radius 2 is 1.02 bits per heavy atom. The van der Waals surface area contributed by atoms with Crippen molar-refractivity contribution in [2.24, 2.45) is 0 Å². The van der Waals surface area contributed by atoms with Gasteiger partial charge in [0.05, 0.1) is 0 Å². The van der Waals surface area contributed by atoms with Crippen molar-refractivity contribution in [3.8, 4) is 57.5 Å². The molecule has 0 aliphatic carbocycles. The van der Waals surface area contributed by atoms with Gasteiger partial charge in [0.2, 0.25) is 5.75 Å². The third-order valence-corrected chi connectivity index (χ3v) is 7.80. The van der Waals surface area contributed by atoms with Gasteiger partial charge in [-0.25, -0.2) is 0 Å². The van der Waals surface area contributed by atoms with E-state index in [0.29, 0.717) is 0 Å². The van der Waals surface area contributed by atoms with Gasteiger partial charge in [-0.15, -0.1) is 0 Å². The summed E-state index contributed by atoms with van der Waals surface area (Å²) in [6.45, 7) is 0. The van der Waals surface area contributed by atoms with Crippen LogP contribution in [0, 0.1) is 0 Å². The highest BCUT2D eigenvalue weighted by Crippen LogP contribution is 2.56. The molecule has 0 fully saturated rings. The first kappa shape index (κ1) is 27.9. The molecule has 4 aromatic rings. The van der Waals surface area contributed by atoms with Crippen molar-refractivity contribution < 1.29 is 65.6 Å². The molecule has 0 amide bonds. The minimum absolute atomic E-state index is 0.0217. The predicted octanol–water partition coefficient (Wildman–Crippen LogP) is 2.49. The SMILES string of the molecule is Oc1ccc2c(c1)O[C@H](c1cc(O)c(O)c(O)c1)[C@@H](O)[C@@H]2c1c([C@@H]2Oc3cc(O)ccc3[C@@H](O)[C@@H]2O)cc(O)c(O)c1O. The number of hydrogen-bond acceptors (Lipinski definition) is 13. The largest absolute Gasteiger partial charge is 0.508 e. The second kappa shape index (κ2) is 9.94. The lowest BCUT2D eigenvalue weighted by molar-refractivity contribution is -0.0709. The van der Waals surface area contributed by atoms with Gasteiger partial charge in [-0.2, -0.15) is 0 Å². The average molecular weight is 595 g/mol. The maximum Gasteiger partial charge on any atom is 0.200 e. The summed E-state index contributed by atoms with van der Waals surface area (Å²) in [7, 11) is 0. The highest BCUT2D eigenvalue weighted by atomic mass is 16.5. The molecule has 2 aliphatic heterocycles. The zero-order valence-corrected chi connectivity index (χ0v) is 21.9. The van der Waals surface area contributed by atoms with Gasteiger partial charge < -0.3 is 65.6 Å². The van der Waals surface area contributed by atoms with E-state index in [9.17, 15) is 56.2 Å². The summed E-state index contributed by atoms with van der Waals surface area (Å²) in [5.74, 6) is -6.86. The van der Waals surface area contributed by atoms with Gasteiger partial charge in [0.25, 0.3) is 0 Å². The van der Waals surface area contributed by atoms with Crippen molar-refractivity contribution in [2.45, 2.75) is 36.4 Å². The van der Waals surface area contributed by atoms with E-state index in [0.717, 1.165) is 18.2 Å². The van der Waals surface area contributed by atoms with Crippen molar-refractivity contribution in [2.75, 3.05) is 0 Å². The monoisotopic (exact) mass is 594 g/mol. The van der Waals surface area contributed by atoms with Crippen LogP contribution in [0.2, 0.25) is 0 Å². The molecule has 13 nitrogen and oxygen atoms in total. The first-order valence-electron chi connectivity index (χ1n) is 12.9. The summed E-state index contributed by atoms with van der Waals surface area (Å²) >= 11 is 0. The van der Waals surface area contributed by atoms with Crippen LogP contribution in [-0.2, 0) is 0 Å². The molecule has 0 saturated heterocycles. The van der Waals surface area contributed by atoms with Crippen molar-refractivity contribution in [3.05, 3.63) is 82.4 Å². The number of hydrogen-bond donors (Lipinski definition) is 11. The molecular weight excluding hydrogens is 568 g/mol. The maximum absolute atomic E-state index is 11.8. The Morgan fingerprint density at radius 1 is 0.488 bits per heavy atom. The Labute approximate surface area is 242 Å². The van der Waals surface area contributed by atoms with Gasteiger partial charge in [0.15, 0.2) is 41.0 Å². The van der Waals surface area contributed by atoms with Crippen LogP contribution in [0.5, 0.6) is 57.5 Å².